The number of aryl methyl sites for hydroxylation is 1. The summed E-state index contributed by atoms with van der Waals surface area (Å²) in [6.07, 6.45) is -2.69. The van der Waals surface area contributed by atoms with Crippen molar-refractivity contribution < 1.29 is 17.9 Å². The molecule has 0 N–H and O–H groups in total. The smallest absolute Gasteiger partial charge is 0.416 e. The van der Waals surface area contributed by atoms with Crippen molar-refractivity contribution in [2.45, 2.75) is 33.2 Å². The summed E-state index contributed by atoms with van der Waals surface area (Å²) >= 11 is 0. The van der Waals surface area contributed by atoms with Crippen LogP contribution in [0.3, 0.4) is 0 Å². The highest BCUT2D eigenvalue weighted by Gasteiger charge is 2.30. The van der Waals surface area contributed by atoms with Crippen molar-refractivity contribution in [3.05, 3.63) is 47.5 Å². The minimum absolute atomic E-state index is 0.190. The van der Waals surface area contributed by atoms with Crippen LogP contribution in [-0.2, 0) is 19.3 Å². The fourth-order valence-electron chi connectivity index (χ4n) is 1.98. The SMILES string of the molecule is CCn1c(COc2cccc(C(F)(F)F)c2)cnc1C. The van der Waals surface area contributed by atoms with E-state index in [1.165, 1.54) is 12.1 Å². The van der Waals surface area contributed by atoms with Gasteiger partial charge in [-0.1, -0.05) is 6.07 Å². The summed E-state index contributed by atoms with van der Waals surface area (Å²) in [5, 5.41) is 0. The summed E-state index contributed by atoms with van der Waals surface area (Å²) < 4.78 is 45.1. The molecule has 1 heterocycles. The first kappa shape index (κ1) is 14.4. The number of halogens is 3. The molecule has 0 fully saturated rings. The molecule has 0 atom stereocenters. The third kappa shape index (κ3) is 3.12. The summed E-state index contributed by atoms with van der Waals surface area (Å²) in [6.45, 7) is 4.78. The average molecular weight is 284 g/mol. The van der Waals surface area contributed by atoms with Crippen LogP contribution in [0.5, 0.6) is 5.75 Å². The molecule has 3 nitrogen and oxygen atoms in total. The highest BCUT2D eigenvalue weighted by Crippen LogP contribution is 2.31. The Labute approximate surface area is 115 Å². The number of alkyl halides is 3. The maximum atomic E-state index is 12.6. The summed E-state index contributed by atoms with van der Waals surface area (Å²) in [5.41, 5.74) is 0.123. The first-order valence-electron chi connectivity index (χ1n) is 6.23. The van der Waals surface area contributed by atoms with Gasteiger partial charge in [0.2, 0.25) is 0 Å². The average Bonchev–Trinajstić information content (AvgIpc) is 2.76. The van der Waals surface area contributed by atoms with Crippen LogP contribution >= 0.6 is 0 Å². The Morgan fingerprint density at radius 1 is 1.30 bits per heavy atom. The van der Waals surface area contributed by atoms with Crippen molar-refractivity contribution in [2.75, 3.05) is 0 Å². The van der Waals surface area contributed by atoms with Crippen LogP contribution in [0.1, 0.15) is 24.0 Å². The lowest BCUT2D eigenvalue weighted by atomic mass is 10.2. The van der Waals surface area contributed by atoms with Gasteiger partial charge < -0.3 is 9.30 Å². The molecule has 0 aliphatic carbocycles. The maximum absolute atomic E-state index is 12.6. The predicted molar refractivity (Wildman–Crippen MR) is 68.4 cm³/mol. The minimum atomic E-state index is -4.36. The lowest BCUT2D eigenvalue weighted by molar-refractivity contribution is -0.137. The summed E-state index contributed by atoms with van der Waals surface area (Å²) in [4.78, 5) is 4.16. The molecule has 0 saturated carbocycles. The molecule has 1 aromatic heterocycles. The third-order valence-electron chi connectivity index (χ3n) is 3.00. The topological polar surface area (TPSA) is 27.1 Å². The van der Waals surface area contributed by atoms with E-state index in [0.717, 1.165) is 30.2 Å². The fourth-order valence-corrected chi connectivity index (χ4v) is 1.98. The number of imidazole rings is 1. The van der Waals surface area contributed by atoms with Gasteiger partial charge in [-0.3, -0.25) is 0 Å². The number of benzene rings is 1. The van der Waals surface area contributed by atoms with E-state index < -0.39 is 11.7 Å². The summed E-state index contributed by atoms with van der Waals surface area (Å²) in [6, 6.07) is 4.86. The molecule has 2 aromatic rings. The Hall–Kier alpha value is -1.98. The molecule has 0 saturated heterocycles. The Morgan fingerprint density at radius 3 is 2.70 bits per heavy atom. The predicted octanol–water partition coefficient (Wildman–Crippen LogP) is 3.81. The Kier molecular flexibility index (Phi) is 4.01. The zero-order valence-corrected chi connectivity index (χ0v) is 11.2. The normalized spacial score (nSPS) is 11.7. The second kappa shape index (κ2) is 5.56. The van der Waals surface area contributed by atoms with Crippen LogP contribution < -0.4 is 4.74 Å². The molecule has 0 radical (unpaired) electrons. The summed E-state index contributed by atoms with van der Waals surface area (Å²) in [5.74, 6) is 1.05. The standard InChI is InChI=1S/C14H15F3N2O/c1-3-19-10(2)18-8-12(19)9-20-13-6-4-5-11(7-13)14(15,16)17/h4-8H,3,9H2,1-2H3. The second-order valence-corrected chi connectivity index (χ2v) is 4.36. The molecule has 1 aromatic carbocycles. The second-order valence-electron chi connectivity index (χ2n) is 4.36. The highest BCUT2D eigenvalue weighted by molar-refractivity contribution is 5.30. The Balaban J connectivity index is 2.11. The molecule has 20 heavy (non-hydrogen) atoms. The number of hydrogen-bond donors (Lipinski definition) is 0. The molecule has 0 bridgehead atoms. The van der Waals surface area contributed by atoms with Gasteiger partial charge in [0.1, 0.15) is 18.2 Å². The first-order chi connectivity index (χ1) is 9.41. The van der Waals surface area contributed by atoms with E-state index >= 15 is 0 Å². The molecule has 0 unspecified atom stereocenters. The van der Waals surface area contributed by atoms with Crippen molar-refractivity contribution in [1.82, 2.24) is 9.55 Å². The van der Waals surface area contributed by atoms with Crippen molar-refractivity contribution >= 4 is 0 Å². The Bertz CT molecular complexity index is 590. The fraction of sp³-hybridized carbons (Fsp3) is 0.357. The van der Waals surface area contributed by atoms with Gasteiger partial charge in [0.25, 0.3) is 0 Å². The number of hydrogen-bond acceptors (Lipinski definition) is 2. The zero-order valence-electron chi connectivity index (χ0n) is 11.2. The number of rotatable bonds is 4. The number of aromatic nitrogens is 2. The molecule has 0 aliphatic heterocycles. The third-order valence-corrected chi connectivity index (χ3v) is 3.00. The van der Waals surface area contributed by atoms with Crippen LogP contribution in [0.15, 0.2) is 30.5 Å². The van der Waals surface area contributed by atoms with Crippen LogP contribution in [0.2, 0.25) is 0 Å². The first-order valence-corrected chi connectivity index (χ1v) is 6.23. The zero-order chi connectivity index (χ0) is 14.8. The molecule has 108 valence electrons. The van der Waals surface area contributed by atoms with E-state index in [-0.39, 0.29) is 12.4 Å². The molecule has 2 rings (SSSR count). The van der Waals surface area contributed by atoms with E-state index in [2.05, 4.69) is 4.98 Å². The molecule has 0 spiro atoms. The van der Waals surface area contributed by atoms with Gasteiger partial charge in [0, 0.05) is 6.54 Å². The van der Waals surface area contributed by atoms with Crippen LogP contribution in [-0.4, -0.2) is 9.55 Å². The van der Waals surface area contributed by atoms with Gasteiger partial charge in [-0.2, -0.15) is 13.2 Å². The van der Waals surface area contributed by atoms with Crippen LogP contribution in [0, 0.1) is 6.92 Å². The Morgan fingerprint density at radius 2 is 2.05 bits per heavy atom. The maximum Gasteiger partial charge on any atom is 0.416 e. The monoisotopic (exact) mass is 284 g/mol. The van der Waals surface area contributed by atoms with Crippen molar-refractivity contribution in [3.8, 4) is 5.75 Å². The van der Waals surface area contributed by atoms with E-state index in [9.17, 15) is 13.2 Å². The van der Waals surface area contributed by atoms with Crippen molar-refractivity contribution in [2.24, 2.45) is 0 Å². The van der Waals surface area contributed by atoms with E-state index in [1.807, 2.05) is 18.4 Å². The van der Waals surface area contributed by atoms with Gasteiger partial charge in [-0.15, -0.1) is 0 Å². The van der Waals surface area contributed by atoms with Crippen LogP contribution in [0.25, 0.3) is 0 Å². The molecular weight excluding hydrogens is 269 g/mol. The van der Waals surface area contributed by atoms with Gasteiger partial charge >= 0.3 is 6.18 Å². The van der Waals surface area contributed by atoms with Crippen LogP contribution in [0.4, 0.5) is 13.2 Å². The quantitative estimate of drug-likeness (QED) is 0.853. The number of nitrogens with zero attached hydrogens (tertiary/aromatic N) is 2. The molecule has 0 aliphatic rings. The molecular formula is C14H15F3N2O. The van der Waals surface area contributed by atoms with E-state index in [4.69, 9.17) is 4.74 Å². The molecule has 6 heteroatoms. The molecule has 0 amide bonds. The largest absolute Gasteiger partial charge is 0.487 e. The van der Waals surface area contributed by atoms with Crippen molar-refractivity contribution in [1.29, 1.82) is 0 Å². The van der Waals surface area contributed by atoms with Gasteiger partial charge in [-0.25, -0.2) is 4.98 Å². The lowest BCUT2D eigenvalue weighted by Crippen LogP contribution is -2.07. The van der Waals surface area contributed by atoms with Gasteiger partial charge in [-0.05, 0) is 32.0 Å². The highest BCUT2D eigenvalue weighted by atomic mass is 19.4. The minimum Gasteiger partial charge on any atom is -0.487 e. The number of ether oxygens (including phenoxy) is 1. The lowest BCUT2D eigenvalue weighted by Gasteiger charge is -2.11. The van der Waals surface area contributed by atoms with E-state index in [0.29, 0.717) is 0 Å². The van der Waals surface area contributed by atoms with Gasteiger partial charge in [0.05, 0.1) is 17.5 Å². The van der Waals surface area contributed by atoms with Gasteiger partial charge in [0.15, 0.2) is 0 Å². The van der Waals surface area contributed by atoms with Crippen molar-refractivity contribution in [3.63, 3.8) is 0 Å². The van der Waals surface area contributed by atoms with E-state index in [1.54, 1.807) is 6.20 Å². The summed E-state index contributed by atoms with van der Waals surface area (Å²) in [7, 11) is 0.